The number of hydrogen-bond donors (Lipinski definition) is 0. The van der Waals surface area contributed by atoms with Crippen molar-refractivity contribution in [1.29, 1.82) is 0 Å². The van der Waals surface area contributed by atoms with E-state index in [9.17, 15) is 0 Å². The van der Waals surface area contributed by atoms with Crippen LogP contribution >= 0.6 is 0 Å². The van der Waals surface area contributed by atoms with Crippen LogP contribution in [0.15, 0.2) is 18.7 Å². The summed E-state index contributed by atoms with van der Waals surface area (Å²) in [5, 5.41) is 0. The van der Waals surface area contributed by atoms with Gasteiger partial charge in [-0.05, 0) is 6.92 Å². The van der Waals surface area contributed by atoms with Crippen molar-refractivity contribution in [2.45, 2.75) is 13.0 Å². The lowest BCUT2D eigenvalue weighted by molar-refractivity contribution is 0.681. The first kappa shape index (κ1) is 5.90. The molecule has 0 amide bonds. The Morgan fingerprint density at radius 1 is 1.78 bits per heavy atom. The normalized spacial score (nSPS) is 12.4. The summed E-state index contributed by atoms with van der Waals surface area (Å²) in [7, 11) is 0. The highest BCUT2D eigenvalue weighted by Crippen LogP contribution is 1.99. The first-order chi connectivity index (χ1) is 4.34. The van der Waals surface area contributed by atoms with Gasteiger partial charge in [0.15, 0.2) is 0 Å². The van der Waals surface area contributed by atoms with Gasteiger partial charge in [0.2, 0.25) is 0 Å². The summed E-state index contributed by atoms with van der Waals surface area (Å²) in [5.74, 6) is 2.59. The Bertz CT molecular complexity index is 205. The number of terminal acetylenes is 1. The maximum Gasteiger partial charge on any atom is 0.0956 e. The summed E-state index contributed by atoms with van der Waals surface area (Å²) in [5.41, 5.74) is 0. The zero-order valence-electron chi connectivity index (χ0n) is 5.28. The van der Waals surface area contributed by atoms with Crippen molar-refractivity contribution in [3.8, 4) is 12.3 Å². The molecule has 0 saturated heterocycles. The quantitative estimate of drug-likeness (QED) is 0.507. The van der Waals surface area contributed by atoms with Gasteiger partial charge >= 0.3 is 0 Å². The molecule has 0 bridgehead atoms. The second-order valence-corrected chi connectivity index (χ2v) is 1.85. The van der Waals surface area contributed by atoms with E-state index in [0.29, 0.717) is 0 Å². The number of hydrogen-bond acceptors (Lipinski definition) is 1. The fourth-order valence-corrected chi connectivity index (χ4v) is 0.585. The van der Waals surface area contributed by atoms with Gasteiger partial charge in [-0.1, -0.05) is 5.92 Å². The molecular formula is C7H8N2. The lowest BCUT2D eigenvalue weighted by atomic mass is 10.4. The predicted octanol–water partition coefficient (Wildman–Crippen LogP) is 1.08. The van der Waals surface area contributed by atoms with Crippen LogP contribution in [0.25, 0.3) is 0 Å². The number of imidazole rings is 1. The van der Waals surface area contributed by atoms with Crippen LogP contribution in [0.3, 0.4) is 0 Å². The molecule has 1 aromatic rings. The largest absolute Gasteiger partial charge is 0.323 e. The van der Waals surface area contributed by atoms with Crippen molar-refractivity contribution < 1.29 is 0 Å². The van der Waals surface area contributed by atoms with Crippen LogP contribution in [0.5, 0.6) is 0 Å². The highest BCUT2D eigenvalue weighted by atomic mass is 15.0. The van der Waals surface area contributed by atoms with Gasteiger partial charge in [-0.25, -0.2) is 4.98 Å². The third-order valence-electron chi connectivity index (χ3n) is 1.21. The van der Waals surface area contributed by atoms with Crippen LogP contribution in [-0.4, -0.2) is 9.55 Å². The lowest BCUT2D eigenvalue weighted by Gasteiger charge is -2.02. The zero-order chi connectivity index (χ0) is 6.69. The van der Waals surface area contributed by atoms with Crippen LogP contribution in [0.2, 0.25) is 0 Å². The van der Waals surface area contributed by atoms with Gasteiger partial charge in [-0.3, -0.25) is 0 Å². The number of aromatic nitrogens is 2. The summed E-state index contributed by atoms with van der Waals surface area (Å²) in [6.45, 7) is 1.95. The molecule has 0 aromatic carbocycles. The molecule has 9 heavy (non-hydrogen) atoms. The first-order valence-corrected chi connectivity index (χ1v) is 2.78. The van der Waals surface area contributed by atoms with Crippen LogP contribution in [0.4, 0.5) is 0 Å². The van der Waals surface area contributed by atoms with Crippen LogP contribution in [0.1, 0.15) is 13.0 Å². The highest BCUT2D eigenvalue weighted by Gasteiger charge is 1.94. The molecule has 0 aliphatic heterocycles. The van der Waals surface area contributed by atoms with Gasteiger partial charge in [0.05, 0.1) is 12.4 Å². The number of nitrogens with zero attached hydrogens (tertiary/aromatic N) is 2. The summed E-state index contributed by atoms with van der Waals surface area (Å²) < 4.78 is 1.88. The van der Waals surface area contributed by atoms with E-state index >= 15 is 0 Å². The molecule has 0 saturated carbocycles. The van der Waals surface area contributed by atoms with Crippen molar-refractivity contribution in [2.24, 2.45) is 0 Å². The molecule has 0 spiro atoms. The zero-order valence-corrected chi connectivity index (χ0v) is 5.28. The van der Waals surface area contributed by atoms with E-state index in [4.69, 9.17) is 6.42 Å². The van der Waals surface area contributed by atoms with Crippen LogP contribution < -0.4 is 0 Å². The van der Waals surface area contributed by atoms with E-state index in [1.807, 2.05) is 17.7 Å². The van der Waals surface area contributed by atoms with Crippen molar-refractivity contribution >= 4 is 0 Å². The van der Waals surface area contributed by atoms with Crippen molar-refractivity contribution in [2.75, 3.05) is 0 Å². The van der Waals surface area contributed by atoms with Gasteiger partial charge in [0.25, 0.3) is 0 Å². The van der Waals surface area contributed by atoms with Crippen molar-refractivity contribution in [1.82, 2.24) is 9.55 Å². The molecule has 0 N–H and O–H groups in total. The van der Waals surface area contributed by atoms with Gasteiger partial charge < -0.3 is 4.57 Å². The minimum atomic E-state index is 0.118. The third kappa shape index (κ3) is 1.11. The fraction of sp³-hybridized carbons (Fsp3) is 0.286. The average Bonchev–Trinajstić information content (AvgIpc) is 2.37. The smallest absolute Gasteiger partial charge is 0.0956 e. The molecule has 2 heteroatoms. The third-order valence-corrected chi connectivity index (χ3v) is 1.21. The SMILES string of the molecule is C#CC(C)n1ccnc1. The molecule has 0 aliphatic rings. The molecule has 1 atom stereocenters. The maximum atomic E-state index is 5.16. The summed E-state index contributed by atoms with van der Waals surface area (Å²) >= 11 is 0. The molecule has 0 fully saturated rings. The Kier molecular flexibility index (Phi) is 1.55. The molecule has 1 aromatic heterocycles. The van der Waals surface area contributed by atoms with E-state index in [1.54, 1.807) is 12.5 Å². The Hall–Kier alpha value is -1.23. The molecule has 1 unspecified atom stereocenters. The van der Waals surface area contributed by atoms with E-state index in [2.05, 4.69) is 10.9 Å². The van der Waals surface area contributed by atoms with Crippen LogP contribution in [0, 0.1) is 12.3 Å². The van der Waals surface area contributed by atoms with E-state index in [1.165, 1.54) is 0 Å². The monoisotopic (exact) mass is 120 g/mol. The minimum absolute atomic E-state index is 0.118. The second kappa shape index (κ2) is 2.36. The topological polar surface area (TPSA) is 17.8 Å². The molecule has 46 valence electrons. The average molecular weight is 120 g/mol. The first-order valence-electron chi connectivity index (χ1n) is 2.78. The summed E-state index contributed by atoms with van der Waals surface area (Å²) in [4.78, 5) is 3.86. The standard InChI is InChI=1S/C7H8N2/c1-3-7(2)9-5-4-8-6-9/h1,4-7H,2H3. The minimum Gasteiger partial charge on any atom is -0.323 e. The predicted molar refractivity (Wildman–Crippen MR) is 35.8 cm³/mol. The van der Waals surface area contributed by atoms with E-state index < -0.39 is 0 Å². The lowest BCUT2D eigenvalue weighted by Crippen LogP contribution is -1.97. The van der Waals surface area contributed by atoms with Gasteiger partial charge in [0, 0.05) is 12.4 Å². The fourth-order valence-electron chi connectivity index (χ4n) is 0.585. The Labute approximate surface area is 54.5 Å². The van der Waals surface area contributed by atoms with Crippen molar-refractivity contribution in [3.05, 3.63) is 18.7 Å². The van der Waals surface area contributed by atoms with Crippen LogP contribution in [-0.2, 0) is 0 Å². The molecular weight excluding hydrogens is 112 g/mol. The van der Waals surface area contributed by atoms with Gasteiger partial charge in [-0.15, -0.1) is 6.42 Å². The molecule has 1 rings (SSSR count). The van der Waals surface area contributed by atoms with Gasteiger partial charge in [0.1, 0.15) is 0 Å². The molecule has 0 aliphatic carbocycles. The number of rotatable bonds is 1. The molecule has 2 nitrogen and oxygen atoms in total. The van der Waals surface area contributed by atoms with Gasteiger partial charge in [-0.2, -0.15) is 0 Å². The summed E-state index contributed by atoms with van der Waals surface area (Å²) in [6, 6.07) is 0.118. The second-order valence-electron chi connectivity index (χ2n) is 1.85. The Morgan fingerprint density at radius 3 is 3.00 bits per heavy atom. The van der Waals surface area contributed by atoms with E-state index in [-0.39, 0.29) is 6.04 Å². The Balaban J connectivity index is 2.80. The van der Waals surface area contributed by atoms with Crippen molar-refractivity contribution in [3.63, 3.8) is 0 Å². The molecule has 0 radical (unpaired) electrons. The Morgan fingerprint density at radius 2 is 2.56 bits per heavy atom. The van der Waals surface area contributed by atoms with E-state index in [0.717, 1.165) is 0 Å². The molecule has 1 heterocycles. The maximum absolute atomic E-state index is 5.16. The summed E-state index contributed by atoms with van der Waals surface area (Å²) in [6.07, 6.45) is 10.4. The highest BCUT2D eigenvalue weighted by molar-refractivity contribution is 4.97.